The number of carbonyl (C=O) groups excluding carboxylic acids is 1. The van der Waals surface area contributed by atoms with Gasteiger partial charge in [0.1, 0.15) is 5.82 Å². The van der Waals surface area contributed by atoms with E-state index in [1.165, 1.54) is 36.0 Å². The Kier molecular flexibility index (Phi) is 5.57. The maximum absolute atomic E-state index is 13.1. The molecule has 0 spiro atoms. The maximum Gasteiger partial charge on any atom is 0.278 e. The van der Waals surface area contributed by atoms with E-state index in [4.69, 9.17) is 0 Å². The van der Waals surface area contributed by atoms with Gasteiger partial charge in [-0.1, -0.05) is 35.2 Å². The van der Waals surface area contributed by atoms with E-state index in [1.54, 1.807) is 23.1 Å². The van der Waals surface area contributed by atoms with Crippen LogP contribution in [0, 0.1) is 5.82 Å². The molecule has 0 saturated carbocycles. The highest BCUT2D eigenvalue weighted by molar-refractivity contribution is 7.98. The lowest BCUT2D eigenvalue weighted by Crippen LogP contribution is -2.15. The molecule has 0 bridgehead atoms. The van der Waals surface area contributed by atoms with E-state index in [9.17, 15) is 9.18 Å². The molecule has 0 aliphatic carbocycles. The summed E-state index contributed by atoms with van der Waals surface area (Å²) in [7, 11) is 0. The van der Waals surface area contributed by atoms with Gasteiger partial charge in [-0.3, -0.25) is 4.79 Å². The van der Waals surface area contributed by atoms with E-state index >= 15 is 0 Å². The first-order valence-electron chi connectivity index (χ1n) is 8.67. The molecule has 0 aliphatic heterocycles. The van der Waals surface area contributed by atoms with Crippen LogP contribution >= 0.6 is 11.8 Å². The topological polar surface area (TPSA) is 85.6 Å². The molecule has 0 saturated heterocycles. The summed E-state index contributed by atoms with van der Waals surface area (Å²) in [5.41, 5.74) is 2.04. The normalized spacial score (nSPS) is 10.7. The van der Waals surface area contributed by atoms with Gasteiger partial charge in [0.05, 0.1) is 11.4 Å². The van der Waals surface area contributed by atoms with Crippen LogP contribution < -0.4 is 5.32 Å². The number of aromatic nitrogens is 5. The summed E-state index contributed by atoms with van der Waals surface area (Å²) in [4.78, 5) is 21.2. The van der Waals surface area contributed by atoms with Crippen LogP contribution in [0.15, 0.2) is 78.2 Å². The van der Waals surface area contributed by atoms with E-state index in [2.05, 4.69) is 25.6 Å². The third kappa shape index (κ3) is 4.46. The van der Waals surface area contributed by atoms with Crippen molar-refractivity contribution in [1.82, 2.24) is 25.0 Å². The minimum atomic E-state index is -0.427. The van der Waals surface area contributed by atoms with Gasteiger partial charge >= 0.3 is 0 Å². The van der Waals surface area contributed by atoms with Crippen LogP contribution in [0.3, 0.4) is 0 Å². The molecular weight excluding hydrogens is 391 g/mol. The van der Waals surface area contributed by atoms with Crippen molar-refractivity contribution in [3.8, 4) is 5.69 Å². The van der Waals surface area contributed by atoms with Crippen LogP contribution in [0.2, 0.25) is 0 Å². The zero-order chi connectivity index (χ0) is 20.1. The number of nitrogens with one attached hydrogen (secondary N) is 1. The van der Waals surface area contributed by atoms with Gasteiger partial charge in [-0.25, -0.2) is 19.0 Å². The number of anilines is 1. The summed E-state index contributed by atoms with van der Waals surface area (Å²) in [6.07, 6.45) is 3.31. The molecule has 2 heterocycles. The van der Waals surface area contributed by atoms with Crippen LogP contribution in [0.25, 0.3) is 5.69 Å². The first-order chi connectivity index (χ1) is 14.2. The predicted octanol–water partition coefficient (Wildman–Crippen LogP) is 3.74. The molecule has 9 heteroatoms. The minimum absolute atomic E-state index is 0.182. The number of para-hydroxylation sites is 1. The van der Waals surface area contributed by atoms with Crippen molar-refractivity contribution in [3.05, 3.63) is 90.3 Å². The smallest absolute Gasteiger partial charge is 0.278 e. The molecule has 4 aromatic rings. The quantitative estimate of drug-likeness (QED) is 0.388. The van der Waals surface area contributed by atoms with Crippen LogP contribution in [-0.2, 0) is 5.75 Å². The molecular formula is C20H15FN6OS. The third-order valence-electron chi connectivity index (χ3n) is 3.96. The summed E-state index contributed by atoms with van der Waals surface area (Å²) >= 11 is 1.37. The number of rotatable bonds is 6. The zero-order valence-corrected chi connectivity index (χ0v) is 15.9. The summed E-state index contributed by atoms with van der Waals surface area (Å²) in [6.45, 7) is 0. The first-order valence-corrected chi connectivity index (χ1v) is 9.66. The van der Waals surface area contributed by atoms with Gasteiger partial charge < -0.3 is 5.32 Å². The average molecular weight is 406 g/mol. The standard InChI is InChI=1S/C20H15FN6OS/c21-14-7-9-15(10-8-14)24-19(28)18-17(13-29-20-22-11-4-12-23-20)27(26-25-18)16-5-2-1-3-6-16/h1-12H,13H2,(H,24,28). The Hall–Kier alpha value is -3.59. The lowest BCUT2D eigenvalue weighted by molar-refractivity contribution is 0.102. The van der Waals surface area contributed by atoms with Crippen LogP contribution in [0.5, 0.6) is 0 Å². The fraction of sp³-hybridized carbons (Fsp3) is 0.0500. The van der Waals surface area contributed by atoms with Crippen molar-refractivity contribution in [2.75, 3.05) is 5.32 Å². The van der Waals surface area contributed by atoms with Gasteiger partial charge in [0, 0.05) is 23.8 Å². The molecule has 2 aromatic heterocycles. The Labute approximate surface area is 170 Å². The molecule has 29 heavy (non-hydrogen) atoms. The largest absolute Gasteiger partial charge is 0.321 e. The molecule has 4 rings (SSSR count). The van der Waals surface area contributed by atoms with Gasteiger partial charge in [0.2, 0.25) is 0 Å². The molecule has 144 valence electrons. The number of hydrogen-bond acceptors (Lipinski definition) is 6. The SMILES string of the molecule is O=C(Nc1ccc(F)cc1)c1nnn(-c2ccccc2)c1CSc1ncccn1. The van der Waals surface area contributed by atoms with Crippen molar-refractivity contribution >= 4 is 23.4 Å². The number of benzene rings is 2. The number of thioether (sulfide) groups is 1. The van der Waals surface area contributed by atoms with Crippen molar-refractivity contribution in [1.29, 1.82) is 0 Å². The average Bonchev–Trinajstić information content (AvgIpc) is 3.19. The Morgan fingerprint density at radius 2 is 1.72 bits per heavy atom. The van der Waals surface area contributed by atoms with E-state index in [1.807, 2.05) is 30.3 Å². The fourth-order valence-corrected chi connectivity index (χ4v) is 3.40. The van der Waals surface area contributed by atoms with Gasteiger partial charge in [0.25, 0.3) is 5.91 Å². The summed E-state index contributed by atoms with van der Waals surface area (Å²) in [5.74, 6) is -0.417. The second-order valence-corrected chi connectivity index (χ2v) is 6.86. The number of hydrogen-bond donors (Lipinski definition) is 1. The Morgan fingerprint density at radius 1 is 1.00 bits per heavy atom. The van der Waals surface area contributed by atoms with Crippen LogP contribution in [-0.4, -0.2) is 30.9 Å². The van der Waals surface area contributed by atoms with Crippen LogP contribution in [0.1, 0.15) is 16.2 Å². The highest BCUT2D eigenvalue weighted by Gasteiger charge is 2.21. The minimum Gasteiger partial charge on any atom is -0.321 e. The molecule has 0 unspecified atom stereocenters. The van der Waals surface area contributed by atoms with Gasteiger partial charge in [-0.2, -0.15) is 0 Å². The van der Waals surface area contributed by atoms with Gasteiger partial charge in [0.15, 0.2) is 10.9 Å². The lowest BCUT2D eigenvalue weighted by atomic mass is 10.2. The molecule has 7 nitrogen and oxygen atoms in total. The fourth-order valence-electron chi connectivity index (χ4n) is 2.60. The summed E-state index contributed by atoms with van der Waals surface area (Å²) < 4.78 is 14.7. The van der Waals surface area contributed by atoms with E-state index in [0.717, 1.165) is 5.69 Å². The maximum atomic E-state index is 13.1. The molecule has 0 atom stereocenters. The highest BCUT2D eigenvalue weighted by Crippen LogP contribution is 2.23. The van der Waals surface area contributed by atoms with Crippen molar-refractivity contribution in [2.45, 2.75) is 10.9 Å². The van der Waals surface area contributed by atoms with E-state index in [-0.39, 0.29) is 11.5 Å². The van der Waals surface area contributed by atoms with E-state index in [0.29, 0.717) is 22.3 Å². The Bertz CT molecular complexity index is 1100. The molecule has 0 fully saturated rings. The Morgan fingerprint density at radius 3 is 2.45 bits per heavy atom. The number of carbonyl (C=O) groups is 1. The Balaban J connectivity index is 1.64. The van der Waals surface area contributed by atoms with Crippen molar-refractivity contribution < 1.29 is 9.18 Å². The molecule has 1 N–H and O–H groups in total. The number of nitrogens with zero attached hydrogens (tertiary/aromatic N) is 5. The predicted molar refractivity (Wildman–Crippen MR) is 107 cm³/mol. The highest BCUT2D eigenvalue weighted by atomic mass is 32.2. The van der Waals surface area contributed by atoms with Gasteiger partial charge in [-0.05, 0) is 42.5 Å². The number of halogens is 1. The second kappa shape index (κ2) is 8.61. The zero-order valence-electron chi connectivity index (χ0n) is 15.1. The third-order valence-corrected chi connectivity index (χ3v) is 4.85. The molecule has 1 amide bonds. The monoisotopic (exact) mass is 406 g/mol. The second-order valence-electron chi connectivity index (χ2n) is 5.91. The van der Waals surface area contributed by atoms with E-state index < -0.39 is 5.91 Å². The lowest BCUT2D eigenvalue weighted by Gasteiger charge is -2.08. The number of amides is 1. The summed E-state index contributed by atoms with van der Waals surface area (Å²) in [5, 5.41) is 11.6. The summed E-state index contributed by atoms with van der Waals surface area (Å²) in [6, 6.07) is 16.7. The van der Waals surface area contributed by atoms with Crippen molar-refractivity contribution in [3.63, 3.8) is 0 Å². The molecule has 0 aliphatic rings. The van der Waals surface area contributed by atoms with Crippen LogP contribution in [0.4, 0.5) is 10.1 Å². The molecule has 2 aromatic carbocycles. The van der Waals surface area contributed by atoms with Crippen molar-refractivity contribution in [2.24, 2.45) is 0 Å². The molecule has 0 radical (unpaired) electrons. The first kappa shape index (κ1) is 18.8. The van der Waals surface area contributed by atoms with Gasteiger partial charge in [-0.15, -0.1) is 5.10 Å².